The van der Waals surface area contributed by atoms with Crippen LogP contribution in [0.5, 0.6) is 17.4 Å². The molecular weight excluding hydrogens is 442 g/mol. The third-order valence-corrected chi connectivity index (χ3v) is 5.10. The maximum Gasteiger partial charge on any atom is 0.262 e. The minimum Gasteiger partial charge on any atom is -0.484 e. The highest BCUT2D eigenvalue weighted by molar-refractivity contribution is 6.30. The molecule has 0 spiro atoms. The lowest BCUT2D eigenvalue weighted by atomic mass is 10.3. The second-order valence-corrected chi connectivity index (χ2v) is 7.75. The van der Waals surface area contributed by atoms with Gasteiger partial charge in [-0.2, -0.15) is 4.98 Å². The number of amides is 1. The van der Waals surface area contributed by atoms with E-state index in [-0.39, 0.29) is 12.5 Å². The Morgan fingerprint density at radius 2 is 1.70 bits per heavy atom. The van der Waals surface area contributed by atoms with Crippen molar-refractivity contribution in [2.24, 2.45) is 0 Å². The first-order valence-electron chi connectivity index (χ1n) is 10.2. The summed E-state index contributed by atoms with van der Waals surface area (Å²) in [5.74, 6) is 2.54. The van der Waals surface area contributed by atoms with Crippen molar-refractivity contribution in [3.8, 4) is 23.2 Å². The number of rotatable bonds is 7. The van der Waals surface area contributed by atoms with E-state index in [0.29, 0.717) is 39.7 Å². The molecule has 1 amide bonds. The molecule has 168 valence electrons. The van der Waals surface area contributed by atoms with Crippen LogP contribution < -0.4 is 14.8 Å². The van der Waals surface area contributed by atoms with Crippen molar-refractivity contribution in [1.29, 1.82) is 0 Å². The van der Waals surface area contributed by atoms with Crippen LogP contribution in [-0.4, -0.2) is 32.0 Å². The minimum atomic E-state index is -0.277. The number of carbonyl (C=O) groups is 1. The van der Waals surface area contributed by atoms with Crippen molar-refractivity contribution in [2.75, 3.05) is 11.9 Å². The lowest BCUT2D eigenvalue weighted by Crippen LogP contribution is -2.20. The van der Waals surface area contributed by atoms with Crippen LogP contribution in [0.1, 0.15) is 17.2 Å². The second kappa shape index (κ2) is 9.70. The first kappa shape index (κ1) is 22.3. The van der Waals surface area contributed by atoms with E-state index in [1.165, 1.54) is 0 Å². The van der Waals surface area contributed by atoms with Gasteiger partial charge in [-0.05, 0) is 69.3 Å². The van der Waals surface area contributed by atoms with Crippen molar-refractivity contribution >= 4 is 23.2 Å². The Hall–Kier alpha value is -3.91. The summed E-state index contributed by atoms with van der Waals surface area (Å²) in [5, 5.41) is 3.39. The Kier molecular flexibility index (Phi) is 6.55. The number of carbonyl (C=O) groups excluding carboxylic acids is 1. The first-order chi connectivity index (χ1) is 15.9. The van der Waals surface area contributed by atoms with E-state index in [1.807, 2.05) is 18.4 Å². The van der Waals surface area contributed by atoms with Crippen molar-refractivity contribution in [1.82, 2.24) is 19.5 Å². The summed E-state index contributed by atoms with van der Waals surface area (Å²) in [6, 6.07) is 15.6. The number of imidazole rings is 1. The van der Waals surface area contributed by atoms with Crippen molar-refractivity contribution in [3.63, 3.8) is 0 Å². The Bertz CT molecular complexity index is 1270. The number of nitrogens with one attached hydrogen (secondary N) is 1. The molecule has 1 N–H and O–H groups in total. The lowest BCUT2D eigenvalue weighted by Gasteiger charge is -2.11. The molecule has 2 heterocycles. The van der Waals surface area contributed by atoms with Crippen LogP contribution >= 0.6 is 11.6 Å². The minimum absolute atomic E-state index is 0.115. The van der Waals surface area contributed by atoms with Crippen LogP contribution in [0.15, 0.2) is 60.9 Å². The molecule has 0 aliphatic carbocycles. The number of hydrogen-bond donors (Lipinski definition) is 1. The van der Waals surface area contributed by atoms with Gasteiger partial charge in [0.05, 0.1) is 5.69 Å². The van der Waals surface area contributed by atoms with Gasteiger partial charge >= 0.3 is 0 Å². The molecule has 0 aliphatic heterocycles. The Balaban J connectivity index is 1.38. The molecule has 33 heavy (non-hydrogen) atoms. The number of ether oxygens (including phenoxy) is 2. The molecule has 0 fully saturated rings. The Labute approximate surface area is 196 Å². The molecule has 4 aromatic rings. The third kappa shape index (κ3) is 5.67. The Morgan fingerprint density at radius 3 is 2.36 bits per heavy atom. The summed E-state index contributed by atoms with van der Waals surface area (Å²) < 4.78 is 13.3. The number of benzene rings is 2. The van der Waals surface area contributed by atoms with Crippen molar-refractivity contribution in [3.05, 3.63) is 83.2 Å². The summed E-state index contributed by atoms with van der Waals surface area (Å²) in [6.07, 6.45) is 1.73. The normalized spacial score (nSPS) is 10.7. The monoisotopic (exact) mass is 463 g/mol. The fraction of sp³-hybridized carbons (Fsp3) is 0.167. The molecule has 0 atom stereocenters. The Morgan fingerprint density at radius 1 is 1.00 bits per heavy atom. The molecule has 8 nitrogen and oxygen atoms in total. The molecule has 2 aromatic heterocycles. The fourth-order valence-electron chi connectivity index (χ4n) is 3.03. The van der Waals surface area contributed by atoms with Gasteiger partial charge in [0.1, 0.15) is 29.5 Å². The van der Waals surface area contributed by atoms with Crippen molar-refractivity contribution < 1.29 is 14.3 Å². The predicted octanol–water partition coefficient (Wildman–Crippen LogP) is 5.05. The molecule has 2 aromatic carbocycles. The van der Waals surface area contributed by atoms with Gasteiger partial charge in [-0.3, -0.25) is 9.36 Å². The number of aryl methyl sites for hydroxylation is 2. The highest BCUT2D eigenvalue weighted by Gasteiger charge is 2.10. The largest absolute Gasteiger partial charge is 0.484 e. The first-order valence-corrected chi connectivity index (χ1v) is 10.6. The smallest absolute Gasteiger partial charge is 0.262 e. The van der Waals surface area contributed by atoms with Crippen LogP contribution in [-0.2, 0) is 4.79 Å². The van der Waals surface area contributed by atoms with Crippen molar-refractivity contribution in [2.45, 2.75) is 20.8 Å². The van der Waals surface area contributed by atoms with E-state index in [1.54, 1.807) is 67.8 Å². The average Bonchev–Trinajstić information content (AvgIpc) is 3.13. The highest BCUT2D eigenvalue weighted by Crippen LogP contribution is 2.24. The van der Waals surface area contributed by atoms with Gasteiger partial charge < -0.3 is 14.8 Å². The van der Waals surface area contributed by atoms with Gasteiger partial charge in [0, 0.05) is 22.5 Å². The van der Waals surface area contributed by atoms with E-state index in [4.69, 9.17) is 21.1 Å². The van der Waals surface area contributed by atoms with E-state index >= 15 is 0 Å². The fourth-order valence-corrected chi connectivity index (χ4v) is 3.16. The van der Waals surface area contributed by atoms with E-state index in [2.05, 4.69) is 20.3 Å². The van der Waals surface area contributed by atoms with Gasteiger partial charge in [0.25, 0.3) is 5.91 Å². The molecule has 0 saturated heterocycles. The summed E-state index contributed by atoms with van der Waals surface area (Å²) in [4.78, 5) is 25.3. The SMILES string of the molecule is Cc1nc(Oc2ccc(NC(=O)COc3ccc(Cl)cc3)cc2)cc(-n2cnc(C)c2C)n1. The van der Waals surface area contributed by atoms with Crippen LogP contribution in [0.25, 0.3) is 5.82 Å². The van der Waals surface area contributed by atoms with Crippen LogP contribution in [0.4, 0.5) is 5.69 Å². The molecule has 0 bridgehead atoms. The number of hydrogen-bond acceptors (Lipinski definition) is 6. The molecular formula is C24H22ClN5O3. The molecule has 0 saturated carbocycles. The quantitative estimate of drug-likeness (QED) is 0.412. The standard InChI is InChI=1S/C24H22ClN5O3/c1-15-16(2)30(14-26-15)22-12-24(28-17(3)27-22)33-21-10-6-19(7-11-21)29-23(31)13-32-20-8-4-18(25)5-9-20/h4-12,14H,13H2,1-3H3,(H,29,31). The predicted molar refractivity (Wildman–Crippen MR) is 125 cm³/mol. The molecule has 0 radical (unpaired) electrons. The van der Waals surface area contributed by atoms with Gasteiger partial charge in [-0.15, -0.1) is 0 Å². The zero-order valence-corrected chi connectivity index (χ0v) is 19.1. The van der Waals surface area contributed by atoms with E-state index in [9.17, 15) is 4.79 Å². The highest BCUT2D eigenvalue weighted by atomic mass is 35.5. The number of halogens is 1. The molecule has 0 aliphatic rings. The molecule has 0 unspecified atom stereocenters. The van der Waals surface area contributed by atoms with Crippen LogP contribution in [0.2, 0.25) is 5.02 Å². The summed E-state index contributed by atoms with van der Waals surface area (Å²) >= 11 is 5.84. The summed E-state index contributed by atoms with van der Waals surface area (Å²) in [6.45, 7) is 5.62. The zero-order chi connectivity index (χ0) is 23.4. The topological polar surface area (TPSA) is 91.2 Å². The lowest BCUT2D eigenvalue weighted by molar-refractivity contribution is -0.118. The summed E-state index contributed by atoms with van der Waals surface area (Å²) in [5.41, 5.74) is 2.56. The van der Waals surface area contributed by atoms with E-state index < -0.39 is 0 Å². The third-order valence-electron chi connectivity index (χ3n) is 4.84. The maximum absolute atomic E-state index is 12.1. The van der Waals surface area contributed by atoms with Gasteiger partial charge in [-0.1, -0.05) is 11.6 Å². The van der Waals surface area contributed by atoms with Crippen LogP contribution in [0, 0.1) is 20.8 Å². The van der Waals surface area contributed by atoms with Gasteiger partial charge in [0.2, 0.25) is 5.88 Å². The molecule has 9 heteroatoms. The zero-order valence-electron chi connectivity index (χ0n) is 18.4. The van der Waals surface area contributed by atoms with Crippen LogP contribution in [0.3, 0.4) is 0 Å². The van der Waals surface area contributed by atoms with Gasteiger partial charge in [0.15, 0.2) is 6.61 Å². The number of aromatic nitrogens is 4. The second-order valence-electron chi connectivity index (χ2n) is 7.31. The summed E-state index contributed by atoms with van der Waals surface area (Å²) in [7, 11) is 0. The number of anilines is 1. The number of nitrogens with zero attached hydrogens (tertiary/aromatic N) is 4. The van der Waals surface area contributed by atoms with Gasteiger partial charge in [-0.25, -0.2) is 9.97 Å². The average molecular weight is 464 g/mol. The maximum atomic E-state index is 12.1. The molecule has 4 rings (SSSR count). The van der Waals surface area contributed by atoms with E-state index in [0.717, 1.165) is 11.4 Å².